The molecule has 0 N–H and O–H groups in total. The van der Waals surface area contributed by atoms with Crippen molar-refractivity contribution in [2.24, 2.45) is 0 Å². The summed E-state index contributed by atoms with van der Waals surface area (Å²) in [7, 11) is 4.33. The lowest BCUT2D eigenvalue weighted by molar-refractivity contribution is 0.351. The lowest BCUT2D eigenvalue weighted by Gasteiger charge is -2.35. The molecule has 5 heteroatoms. The summed E-state index contributed by atoms with van der Waals surface area (Å²) >= 11 is 0. The molecule has 1 unspecified atom stereocenters. The van der Waals surface area contributed by atoms with Gasteiger partial charge in [0.15, 0.2) is 5.58 Å². The number of hydrogen-bond donors (Lipinski definition) is 0. The van der Waals surface area contributed by atoms with Crippen molar-refractivity contribution in [2.45, 2.75) is 39.5 Å². The number of benzene rings is 3. The van der Waals surface area contributed by atoms with Crippen molar-refractivity contribution in [3.8, 4) is 0 Å². The third kappa shape index (κ3) is 3.37. The lowest BCUT2D eigenvalue weighted by atomic mass is 10.1. The van der Waals surface area contributed by atoms with Crippen LogP contribution in [0.4, 0.5) is 11.4 Å². The van der Waals surface area contributed by atoms with Gasteiger partial charge in [-0.2, -0.15) is 0 Å². The van der Waals surface area contributed by atoms with Gasteiger partial charge in [-0.15, -0.1) is 0 Å². The van der Waals surface area contributed by atoms with Gasteiger partial charge >= 0.3 is 0 Å². The minimum atomic E-state index is 0.143. The van der Waals surface area contributed by atoms with E-state index in [1.807, 2.05) is 6.07 Å². The fourth-order valence-corrected chi connectivity index (χ4v) is 5.59. The van der Waals surface area contributed by atoms with Gasteiger partial charge in [0.2, 0.25) is 0 Å². The second kappa shape index (κ2) is 8.12. The van der Waals surface area contributed by atoms with E-state index < -0.39 is 0 Å². The Hall–Kier alpha value is -3.86. The molecular formula is C30H32N4O. The third-order valence-electron chi connectivity index (χ3n) is 7.63. The summed E-state index contributed by atoms with van der Waals surface area (Å²) in [6, 6.07) is 21.4. The predicted molar refractivity (Wildman–Crippen MR) is 145 cm³/mol. The van der Waals surface area contributed by atoms with Crippen LogP contribution in [0, 0.1) is 13.8 Å². The first-order valence-electron chi connectivity index (χ1n) is 12.3. The minimum absolute atomic E-state index is 0.143. The molecule has 0 saturated heterocycles. The molecule has 0 radical (unpaired) electrons. The molecule has 2 aliphatic rings. The SMILES string of the molecule is Cc1ccccc1N1C(CC2N(C)C=CN2c2c(C)ccc3c2oc2ccccc23)=CN(C)[C@H]1C. The van der Waals surface area contributed by atoms with E-state index in [0.29, 0.717) is 0 Å². The molecule has 0 saturated carbocycles. The molecule has 2 aliphatic heterocycles. The third-order valence-corrected chi connectivity index (χ3v) is 7.63. The summed E-state index contributed by atoms with van der Waals surface area (Å²) in [6.45, 7) is 6.64. The van der Waals surface area contributed by atoms with Crippen LogP contribution in [0.15, 0.2) is 89.4 Å². The maximum Gasteiger partial charge on any atom is 0.159 e. The summed E-state index contributed by atoms with van der Waals surface area (Å²) in [5, 5.41) is 2.33. The molecule has 3 heterocycles. The molecule has 1 aromatic heterocycles. The standard InChI is InChI=1S/C30H32N4O/c1-20-10-6-8-12-26(20)34-22(3)32(5)19-23(34)18-28-31(4)16-17-33(28)29-21(2)14-15-25-24-11-7-9-13-27(24)35-30(25)29/h6-17,19,22,28H,18H2,1-5H3/t22-,28?/m1/s1. The molecule has 0 aliphatic carbocycles. The first kappa shape index (κ1) is 21.7. The number of rotatable bonds is 4. The molecule has 6 rings (SSSR count). The number of hydrogen-bond acceptors (Lipinski definition) is 5. The van der Waals surface area contributed by atoms with E-state index in [-0.39, 0.29) is 12.3 Å². The van der Waals surface area contributed by atoms with Crippen molar-refractivity contribution in [3.63, 3.8) is 0 Å². The van der Waals surface area contributed by atoms with E-state index in [2.05, 4.69) is 128 Å². The fraction of sp³-hybridized carbons (Fsp3) is 0.267. The molecule has 3 aromatic carbocycles. The molecule has 35 heavy (non-hydrogen) atoms. The van der Waals surface area contributed by atoms with Gasteiger partial charge in [-0.05, 0) is 44.0 Å². The Kier molecular flexibility index (Phi) is 5.03. The van der Waals surface area contributed by atoms with Crippen molar-refractivity contribution in [1.29, 1.82) is 0 Å². The molecule has 5 nitrogen and oxygen atoms in total. The summed E-state index contributed by atoms with van der Waals surface area (Å²) < 4.78 is 6.44. The second-order valence-corrected chi connectivity index (χ2v) is 9.84. The fourth-order valence-electron chi connectivity index (χ4n) is 5.59. The van der Waals surface area contributed by atoms with Gasteiger partial charge in [0.1, 0.15) is 17.9 Å². The monoisotopic (exact) mass is 464 g/mol. The van der Waals surface area contributed by atoms with Crippen LogP contribution >= 0.6 is 0 Å². The molecule has 0 bridgehead atoms. The van der Waals surface area contributed by atoms with E-state index in [9.17, 15) is 0 Å². The zero-order chi connectivity index (χ0) is 24.3. The topological polar surface area (TPSA) is 26.1 Å². The number of anilines is 2. The van der Waals surface area contributed by atoms with Crippen LogP contribution < -0.4 is 9.80 Å². The Bertz CT molecular complexity index is 1480. The van der Waals surface area contributed by atoms with Crippen LogP contribution in [-0.4, -0.2) is 36.2 Å². The van der Waals surface area contributed by atoms with Crippen molar-refractivity contribution in [2.75, 3.05) is 23.9 Å². The van der Waals surface area contributed by atoms with Crippen LogP contribution in [0.2, 0.25) is 0 Å². The zero-order valence-corrected chi connectivity index (χ0v) is 21.1. The highest BCUT2D eigenvalue weighted by atomic mass is 16.3. The number of nitrogens with zero attached hydrogens (tertiary/aromatic N) is 4. The van der Waals surface area contributed by atoms with Crippen LogP contribution in [0.5, 0.6) is 0 Å². The molecule has 4 aromatic rings. The minimum Gasteiger partial charge on any atom is -0.454 e. The molecule has 2 atom stereocenters. The van der Waals surface area contributed by atoms with E-state index in [1.54, 1.807) is 0 Å². The quantitative estimate of drug-likeness (QED) is 0.332. The van der Waals surface area contributed by atoms with Crippen LogP contribution in [0.3, 0.4) is 0 Å². The van der Waals surface area contributed by atoms with E-state index in [1.165, 1.54) is 22.5 Å². The first-order chi connectivity index (χ1) is 16.9. The smallest absolute Gasteiger partial charge is 0.159 e. The van der Waals surface area contributed by atoms with Crippen molar-refractivity contribution in [1.82, 2.24) is 9.80 Å². The second-order valence-electron chi connectivity index (χ2n) is 9.84. The van der Waals surface area contributed by atoms with Gasteiger partial charge in [-0.3, -0.25) is 0 Å². The first-order valence-corrected chi connectivity index (χ1v) is 12.3. The lowest BCUT2D eigenvalue weighted by Crippen LogP contribution is -2.41. The predicted octanol–water partition coefficient (Wildman–Crippen LogP) is 6.78. The summed E-state index contributed by atoms with van der Waals surface area (Å²) in [6.07, 6.45) is 7.95. The summed E-state index contributed by atoms with van der Waals surface area (Å²) in [5.41, 5.74) is 8.12. The van der Waals surface area contributed by atoms with Gasteiger partial charge in [0.25, 0.3) is 0 Å². The summed E-state index contributed by atoms with van der Waals surface area (Å²) in [4.78, 5) is 9.48. The van der Waals surface area contributed by atoms with Gasteiger partial charge in [0.05, 0.1) is 5.69 Å². The molecule has 0 amide bonds. The Morgan fingerprint density at radius 3 is 2.40 bits per heavy atom. The number of furan rings is 1. The highest BCUT2D eigenvalue weighted by molar-refractivity contribution is 6.09. The Balaban J connectivity index is 1.41. The van der Waals surface area contributed by atoms with Crippen LogP contribution in [0.1, 0.15) is 24.5 Å². The van der Waals surface area contributed by atoms with Crippen LogP contribution in [0.25, 0.3) is 21.9 Å². The maximum atomic E-state index is 6.44. The van der Waals surface area contributed by atoms with E-state index in [4.69, 9.17) is 4.42 Å². The molecule has 0 spiro atoms. The van der Waals surface area contributed by atoms with E-state index >= 15 is 0 Å². The Morgan fingerprint density at radius 1 is 0.800 bits per heavy atom. The van der Waals surface area contributed by atoms with E-state index in [0.717, 1.165) is 34.0 Å². The number of fused-ring (bicyclic) bond motifs is 3. The van der Waals surface area contributed by atoms with Gasteiger partial charge in [-0.1, -0.05) is 48.5 Å². The number of para-hydroxylation sites is 2. The maximum absolute atomic E-state index is 6.44. The highest BCUT2D eigenvalue weighted by Gasteiger charge is 2.35. The van der Waals surface area contributed by atoms with Gasteiger partial charge < -0.3 is 24.0 Å². The Labute approximate surface area is 207 Å². The van der Waals surface area contributed by atoms with Gasteiger partial charge in [-0.25, -0.2) is 0 Å². The highest BCUT2D eigenvalue weighted by Crippen LogP contribution is 2.41. The Morgan fingerprint density at radius 2 is 1.57 bits per heavy atom. The molecule has 0 fully saturated rings. The largest absolute Gasteiger partial charge is 0.454 e. The average molecular weight is 465 g/mol. The normalized spacial score (nSPS) is 20.1. The van der Waals surface area contributed by atoms with Crippen molar-refractivity contribution < 1.29 is 4.42 Å². The zero-order valence-electron chi connectivity index (χ0n) is 21.1. The van der Waals surface area contributed by atoms with Crippen molar-refractivity contribution in [3.05, 3.63) is 96.1 Å². The molecular weight excluding hydrogens is 432 g/mol. The number of aryl methyl sites for hydroxylation is 2. The van der Waals surface area contributed by atoms with Crippen molar-refractivity contribution >= 4 is 33.3 Å². The average Bonchev–Trinajstić information content (AvgIpc) is 3.48. The van der Waals surface area contributed by atoms with Gasteiger partial charge in [0, 0.05) is 61.3 Å². The summed E-state index contributed by atoms with van der Waals surface area (Å²) in [5.74, 6) is 0. The molecule has 178 valence electrons. The van der Waals surface area contributed by atoms with Crippen LogP contribution in [-0.2, 0) is 0 Å².